The number of nitrogens with zero attached hydrogens (tertiary/aromatic N) is 4. The molecular formula is C17H19N5O4. The summed E-state index contributed by atoms with van der Waals surface area (Å²) in [6.45, 7) is 3.76. The second kappa shape index (κ2) is 7.68. The predicted molar refractivity (Wildman–Crippen MR) is 93.0 cm³/mol. The Morgan fingerprint density at radius 1 is 1.23 bits per heavy atom. The maximum Gasteiger partial charge on any atom is 0.322 e. The zero-order valence-corrected chi connectivity index (χ0v) is 14.7. The molecule has 2 aromatic heterocycles. The smallest absolute Gasteiger partial charge is 0.322 e. The molecule has 0 aliphatic rings. The average Bonchev–Trinajstić information content (AvgIpc) is 3.29. The lowest BCUT2D eigenvalue weighted by Gasteiger charge is -2.09. The van der Waals surface area contributed by atoms with Gasteiger partial charge in [-0.3, -0.25) is 14.8 Å². The lowest BCUT2D eigenvalue weighted by atomic mass is 10.3. The Bertz CT molecular complexity index is 887. The van der Waals surface area contributed by atoms with Crippen LogP contribution in [0.4, 0.5) is 6.01 Å². The number of hydrogen-bond donors (Lipinski definition) is 1. The Labute approximate surface area is 149 Å². The van der Waals surface area contributed by atoms with Crippen molar-refractivity contribution in [2.24, 2.45) is 0 Å². The number of carbonyl (C=O) groups is 1. The van der Waals surface area contributed by atoms with Crippen LogP contribution < -0.4 is 14.8 Å². The summed E-state index contributed by atoms with van der Waals surface area (Å²) in [5.41, 5.74) is 0.679. The number of methoxy groups -OCH3 is 1. The highest BCUT2D eigenvalue weighted by Crippen LogP contribution is 2.26. The summed E-state index contributed by atoms with van der Waals surface area (Å²) >= 11 is 0. The minimum absolute atomic E-state index is 0.00914. The first-order valence-electron chi connectivity index (χ1n) is 8.01. The lowest BCUT2D eigenvalue weighted by Crippen LogP contribution is -2.20. The summed E-state index contributed by atoms with van der Waals surface area (Å²) in [6.07, 6.45) is 1.65. The van der Waals surface area contributed by atoms with Gasteiger partial charge in [0.2, 0.25) is 0 Å². The summed E-state index contributed by atoms with van der Waals surface area (Å²) in [4.78, 5) is 12.0. The van der Waals surface area contributed by atoms with E-state index in [9.17, 15) is 4.79 Å². The van der Waals surface area contributed by atoms with Gasteiger partial charge in [0, 0.05) is 12.2 Å². The van der Waals surface area contributed by atoms with Crippen molar-refractivity contribution >= 4 is 11.9 Å². The van der Waals surface area contributed by atoms with Gasteiger partial charge in [-0.1, -0.05) is 17.2 Å². The number of benzene rings is 1. The van der Waals surface area contributed by atoms with Crippen LogP contribution in [0.3, 0.4) is 0 Å². The number of nitrogens with one attached hydrogen (secondary N) is 1. The normalized spacial score (nSPS) is 10.8. The SMILES string of the molecule is COc1ccccc1OCC(=O)Nc1nnc(-c2ccnn2C(C)C)o1. The molecule has 0 bridgehead atoms. The van der Waals surface area contributed by atoms with Gasteiger partial charge in [-0.15, -0.1) is 5.10 Å². The van der Waals surface area contributed by atoms with E-state index in [2.05, 4.69) is 20.6 Å². The van der Waals surface area contributed by atoms with Gasteiger partial charge >= 0.3 is 6.01 Å². The van der Waals surface area contributed by atoms with E-state index in [1.54, 1.807) is 35.1 Å². The Hall–Kier alpha value is -3.36. The molecule has 3 rings (SSSR count). The second-order valence-corrected chi connectivity index (χ2v) is 5.65. The molecule has 0 atom stereocenters. The van der Waals surface area contributed by atoms with E-state index < -0.39 is 5.91 Å². The maximum atomic E-state index is 12.0. The van der Waals surface area contributed by atoms with Crippen molar-refractivity contribution in [3.8, 4) is 23.1 Å². The summed E-state index contributed by atoms with van der Waals surface area (Å²) in [6, 6.07) is 8.96. The molecule has 1 amide bonds. The molecule has 0 aliphatic carbocycles. The Morgan fingerprint density at radius 2 is 2.00 bits per heavy atom. The molecular weight excluding hydrogens is 338 g/mol. The molecule has 9 heteroatoms. The van der Waals surface area contributed by atoms with Crippen molar-refractivity contribution in [3.05, 3.63) is 36.5 Å². The molecule has 0 saturated heterocycles. The van der Waals surface area contributed by atoms with Gasteiger partial charge in [0.15, 0.2) is 18.1 Å². The number of carbonyl (C=O) groups excluding carboxylic acids is 1. The van der Waals surface area contributed by atoms with Gasteiger partial charge in [-0.25, -0.2) is 0 Å². The number of ether oxygens (including phenoxy) is 2. The zero-order chi connectivity index (χ0) is 18.5. The number of anilines is 1. The number of amides is 1. The largest absolute Gasteiger partial charge is 0.493 e. The summed E-state index contributed by atoms with van der Waals surface area (Å²) in [5, 5.41) is 14.5. The molecule has 0 saturated carbocycles. The number of hydrogen-bond acceptors (Lipinski definition) is 7. The topological polar surface area (TPSA) is 104 Å². The van der Waals surface area contributed by atoms with E-state index in [1.165, 1.54) is 7.11 Å². The highest BCUT2D eigenvalue weighted by molar-refractivity contribution is 5.89. The summed E-state index contributed by atoms with van der Waals surface area (Å²) in [5.74, 6) is 0.861. The van der Waals surface area contributed by atoms with Crippen molar-refractivity contribution < 1.29 is 18.7 Å². The molecule has 0 spiro atoms. The van der Waals surface area contributed by atoms with Crippen LogP contribution in [0.1, 0.15) is 19.9 Å². The summed E-state index contributed by atoms with van der Waals surface area (Å²) < 4.78 is 17.9. The average molecular weight is 357 g/mol. The number of para-hydroxylation sites is 2. The van der Waals surface area contributed by atoms with E-state index in [0.29, 0.717) is 17.2 Å². The molecule has 9 nitrogen and oxygen atoms in total. The highest BCUT2D eigenvalue weighted by atomic mass is 16.5. The van der Waals surface area contributed by atoms with Gasteiger partial charge in [-0.05, 0) is 32.0 Å². The minimum Gasteiger partial charge on any atom is -0.493 e. The lowest BCUT2D eigenvalue weighted by molar-refractivity contribution is -0.118. The standard InChI is InChI=1S/C17H19N5O4/c1-11(2)22-12(8-9-18-22)16-20-21-17(26-16)19-15(23)10-25-14-7-5-4-6-13(14)24-3/h4-9,11H,10H2,1-3H3,(H,19,21,23). The molecule has 3 aromatic rings. The fourth-order valence-corrected chi connectivity index (χ4v) is 2.31. The summed E-state index contributed by atoms with van der Waals surface area (Å²) in [7, 11) is 1.53. The highest BCUT2D eigenvalue weighted by Gasteiger charge is 2.16. The molecule has 0 aliphatic heterocycles. The molecule has 2 heterocycles. The van der Waals surface area contributed by atoms with Crippen molar-refractivity contribution in [1.82, 2.24) is 20.0 Å². The van der Waals surface area contributed by atoms with Gasteiger partial charge in [-0.2, -0.15) is 5.10 Å². The second-order valence-electron chi connectivity index (χ2n) is 5.65. The number of aromatic nitrogens is 4. The third kappa shape index (κ3) is 3.82. The molecule has 0 unspecified atom stereocenters. The van der Waals surface area contributed by atoms with E-state index in [0.717, 1.165) is 0 Å². The molecule has 0 radical (unpaired) electrons. The molecule has 26 heavy (non-hydrogen) atoms. The van der Waals surface area contributed by atoms with Crippen LogP contribution in [0.15, 0.2) is 40.9 Å². The van der Waals surface area contributed by atoms with Gasteiger partial charge < -0.3 is 13.9 Å². The van der Waals surface area contributed by atoms with Crippen molar-refractivity contribution in [2.75, 3.05) is 19.0 Å². The third-order valence-electron chi connectivity index (χ3n) is 3.48. The van der Waals surface area contributed by atoms with Crippen LogP contribution in [-0.4, -0.2) is 39.6 Å². The fourth-order valence-electron chi connectivity index (χ4n) is 2.31. The van der Waals surface area contributed by atoms with Gasteiger partial charge in [0.1, 0.15) is 5.69 Å². The van der Waals surface area contributed by atoms with Crippen LogP contribution >= 0.6 is 0 Å². The molecule has 1 aromatic carbocycles. The first-order valence-corrected chi connectivity index (χ1v) is 8.01. The maximum absolute atomic E-state index is 12.0. The minimum atomic E-state index is -0.427. The first-order chi connectivity index (χ1) is 12.6. The van der Waals surface area contributed by atoms with Crippen LogP contribution in [0.5, 0.6) is 11.5 Å². The van der Waals surface area contributed by atoms with Crippen molar-refractivity contribution in [3.63, 3.8) is 0 Å². The first kappa shape index (κ1) is 17.5. The van der Waals surface area contributed by atoms with E-state index in [-0.39, 0.29) is 24.6 Å². The predicted octanol–water partition coefficient (Wildman–Crippen LogP) is 2.54. The van der Waals surface area contributed by atoms with E-state index in [1.807, 2.05) is 19.9 Å². The van der Waals surface area contributed by atoms with Crippen molar-refractivity contribution in [2.45, 2.75) is 19.9 Å². The fraction of sp³-hybridized carbons (Fsp3) is 0.294. The van der Waals surface area contributed by atoms with Crippen LogP contribution in [0.2, 0.25) is 0 Å². The monoisotopic (exact) mass is 357 g/mol. The molecule has 136 valence electrons. The van der Waals surface area contributed by atoms with Gasteiger partial charge in [0.25, 0.3) is 11.8 Å². The van der Waals surface area contributed by atoms with E-state index >= 15 is 0 Å². The molecule has 1 N–H and O–H groups in total. The number of rotatable bonds is 7. The zero-order valence-electron chi connectivity index (χ0n) is 14.7. The van der Waals surface area contributed by atoms with Crippen LogP contribution in [0, 0.1) is 0 Å². The van der Waals surface area contributed by atoms with E-state index in [4.69, 9.17) is 13.9 Å². The molecule has 0 fully saturated rings. The van der Waals surface area contributed by atoms with Crippen LogP contribution in [0.25, 0.3) is 11.6 Å². The van der Waals surface area contributed by atoms with Crippen molar-refractivity contribution in [1.29, 1.82) is 0 Å². The Kier molecular flexibility index (Phi) is 5.16. The van der Waals surface area contributed by atoms with Gasteiger partial charge in [0.05, 0.1) is 7.11 Å². The third-order valence-corrected chi connectivity index (χ3v) is 3.48. The Balaban J connectivity index is 1.62. The quantitative estimate of drug-likeness (QED) is 0.693. The Morgan fingerprint density at radius 3 is 2.73 bits per heavy atom. The van der Waals surface area contributed by atoms with Crippen LogP contribution in [-0.2, 0) is 4.79 Å².